The summed E-state index contributed by atoms with van der Waals surface area (Å²) in [6, 6.07) is 0. The molecule has 0 aliphatic carbocycles. The van der Waals surface area contributed by atoms with Crippen molar-refractivity contribution in [1.82, 2.24) is 0 Å². The van der Waals surface area contributed by atoms with E-state index in [0.717, 1.165) is 19.6 Å². The Balaban J connectivity index is 2.18. The van der Waals surface area contributed by atoms with Gasteiger partial charge in [0.15, 0.2) is 0 Å². The van der Waals surface area contributed by atoms with Crippen molar-refractivity contribution in [3.8, 4) is 0 Å². The van der Waals surface area contributed by atoms with Gasteiger partial charge in [0, 0.05) is 19.1 Å². The number of ether oxygens (including phenoxy) is 1. The van der Waals surface area contributed by atoms with Gasteiger partial charge in [0.2, 0.25) is 0 Å². The lowest BCUT2D eigenvalue weighted by Gasteiger charge is -1.95. The van der Waals surface area contributed by atoms with E-state index in [0.29, 0.717) is 12.5 Å². The summed E-state index contributed by atoms with van der Waals surface area (Å²) in [6.07, 6.45) is 5.31. The SMILES string of the molecule is NC/C=C/C1CCOC1. The Morgan fingerprint density at radius 2 is 2.56 bits per heavy atom. The maximum atomic E-state index is 5.28. The van der Waals surface area contributed by atoms with Crippen LogP contribution in [0, 0.1) is 5.92 Å². The van der Waals surface area contributed by atoms with E-state index in [4.69, 9.17) is 10.5 Å². The first-order valence-electron chi connectivity index (χ1n) is 3.38. The van der Waals surface area contributed by atoms with Crippen molar-refractivity contribution in [3.63, 3.8) is 0 Å². The lowest BCUT2D eigenvalue weighted by atomic mass is 10.1. The standard InChI is InChI=1S/C7H13NO/c8-4-1-2-7-3-5-9-6-7/h1-2,7H,3-6,8H2/b2-1+. The molecule has 1 aliphatic rings. The van der Waals surface area contributed by atoms with Gasteiger partial charge in [-0.1, -0.05) is 12.2 Å². The molecular weight excluding hydrogens is 114 g/mol. The van der Waals surface area contributed by atoms with Crippen molar-refractivity contribution in [3.05, 3.63) is 12.2 Å². The highest BCUT2D eigenvalue weighted by atomic mass is 16.5. The molecule has 1 heterocycles. The molecule has 9 heavy (non-hydrogen) atoms. The average Bonchev–Trinajstić information content (AvgIpc) is 2.34. The van der Waals surface area contributed by atoms with Crippen molar-refractivity contribution in [2.24, 2.45) is 11.7 Å². The highest BCUT2D eigenvalue weighted by molar-refractivity contribution is 4.90. The Morgan fingerprint density at radius 3 is 3.11 bits per heavy atom. The van der Waals surface area contributed by atoms with Crippen molar-refractivity contribution in [2.45, 2.75) is 6.42 Å². The van der Waals surface area contributed by atoms with Crippen LogP contribution in [-0.2, 0) is 4.74 Å². The molecule has 0 saturated carbocycles. The first kappa shape index (κ1) is 6.78. The Hall–Kier alpha value is -0.340. The molecule has 1 rings (SSSR count). The Labute approximate surface area is 55.7 Å². The molecule has 1 unspecified atom stereocenters. The molecular formula is C7H13NO. The number of nitrogens with two attached hydrogens (primary N) is 1. The van der Waals surface area contributed by atoms with E-state index in [1.807, 2.05) is 6.08 Å². The van der Waals surface area contributed by atoms with E-state index in [-0.39, 0.29) is 0 Å². The zero-order valence-corrected chi connectivity index (χ0v) is 5.55. The van der Waals surface area contributed by atoms with Crippen molar-refractivity contribution >= 4 is 0 Å². The van der Waals surface area contributed by atoms with Crippen molar-refractivity contribution in [2.75, 3.05) is 19.8 Å². The van der Waals surface area contributed by atoms with Crippen LogP contribution in [0.4, 0.5) is 0 Å². The van der Waals surface area contributed by atoms with Gasteiger partial charge >= 0.3 is 0 Å². The Morgan fingerprint density at radius 1 is 1.67 bits per heavy atom. The topological polar surface area (TPSA) is 35.2 Å². The average molecular weight is 127 g/mol. The molecule has 1 fully saturated rings. The lowest BCUT2D eigenvalue weighted by molar-refractivity contribution is 0.191. The van der Waals surface area contributed by atoms with Crippen LogP contribution in [0.5, 0.6) is 0 Å². The van der Waals surface area contributed by atoms with E-state index < -0.39 is 0 Å². The van der Waals surface area contributed by atoms with Gasteiger partial charge in [-0.2, -0.15) is 0 Å². The van der Waals surface area contributed by atoms with E-state index in [1.165, 1.54) is 0 Å². The van der Waals surface area contributed by atoms with Gasteiger partial charge in [-0.15, -0.1) is 0 Å². The molecule has 0 radical (unpaired) electrons. The Bertz CT molecular complexity index is 95.1. The van der Waals surface area contributed by atoms with Gasteiger partial charge in [0.25, 0.3) is 0 Å². The van der Waals surface area contributed by atoms with Crippen molar-refractivity contribution < 1.29 is 4.74 Å². The molecule has 0 bridgehead atoms. The van der Waals surface area contributed by atoms with Crippen LogP contribution >= 0.6 is 0 Å². The third-order valence-corrected chi connectivity index (χ3v) is 1.51. The minimum atomic E-state index is 0.633. The summed E-state index contributed by atoms with van der Waals surface area (Å²) in [5, 5.41) is 0. The maximum Gasteiger partial charge on any atom is 0.0529 e. The summed E-state index contributed by atoms with van der Waals surface area (Å²) < 4.78 is 5.16. The molecule has 0 spiro atoms. The third-order valence-electron chi connectivity index (χ3n) is 1.51. The van der Waals surface area contributed by atoms with Gasteiger partial charge < -0.3 is 10.5 Å². The monoisotopic (exact) mass is 127 g/mol. The highest BCUT2D eigenvalue weighted by Gasteiger charge is 2.10. The second-order valence-corrected chi connectivity index (χ2v) is 2.29. The summed E-state index contributed by atoms with van der Waals surface area (Å²) >= 11 is 0. The summed E-state index contributed by atoms with van der Waals surface area (Å²) in [4.78, 5) is 0. The smallest absolute Gasteiger partial charge is 0.0529 e. The predicted octanol–water partition coefficient (Wildman–Crippen LogP) is 0.538. The molecule has 0 amide bonds. The predicted molar refractivity (Wildman–Crippen MR) is 37.1 cm³/mol. The summed E-state index contributed by atoms with van der Waals surface area (Å²) in [6.45, 7) is 2.45. The summed E-state index contributed by atoms with van der Waals surface area (Å²) in [5.41, 5.74) is 5.28. The zero-order chi connectivity index (χ0) is 6.53. The van der Waals surface area contributed by atoms with Crippen LogP contribution in [0.1, 0.15) is 6.42 Å². The minimum absolute atomic E-state index is 0.633. The summed E-state index contributed by atoms with van der Waals surface area (Å²) in [5.74, 6) is 0.633. The van der Waals surface area contributed by atoms with E-state index in [1.54, 1.807) is 0 Å². The molecule has 52 valence electrons. The zero-order valence-electron chi connectivity index (χ0n) is 5.55. The van der Waals surface area contributed by atoms with Crippen LogP contribution in [0.2, 0.25) is 0 Å². The first-order valence-corrected chi connectivity index (χ1v) is 3.38. The second-order valence-electron chi connectivity index (χ2n) is 2.29. The van der Waals surface area contributed by atoms with Gasteiger partial charge in [0.1, 0.15) is 0 Å². The molecule has 0 aromatic carbocycles. The van der Waals surface area contributed by atoms with Crippen molar-refractivity contribution in [1.29, 1.82) is 0 Å². The lowest BCUT2D eigenvalue weighted by Crippen LogP contribution is -1.97. The number of rotatable bonds is 2. The summed E-state index contributed by atoms with van der Waals surface area (Å²) in [7, 11) is 0. The van der Waals surface area contributed by atoms with Crippen LogP contribution in [-0.4, -0.2) is 19.8 Å². The molecule has 0 aromatic rings. The third kappa shape index (κ3) is 2.16. The molecule has 2 nitrogen and oxygen atoms in total. The van der Waals surface area contributed by atoms with Gasteiger partial charge in [-0.3, -0.25) is 0 Å². The first-order chi connectivity index (χ1) is 4.43. The quantitative estimate of drug-likeness (QED) is 0.549. The normalized spacial score (nSPS) is 27.9. The fourth-order valence-corrected chi connectivity index (χ4v) is 0.976. The fourth-order valence-electron chi connectivity index (χ4n) is 0.976. The van der Waals surface area contributed by atoms with Gasteiger partial charge in [-0.05, 0) is 6.42 Å². The van der Waals surface area contributed by atoms with Crippen LogP contribution < -0.4 is 5.73 Å². The van der Waals surface area contributed by atoms with Crippen LogP contribution in [0.25, 0.3) is 0 Å². The van der Waals surface area contributed by atoms with Gasteiger partial charge in [0.05, 0.1) is 6.61 Å². The number of hydrogen-bond acceptors (Lipinski definition) is 2. The number of hydrogen-bond donors (Lipinski definition) is 1. The molecule has 1 aliphatic heterocycles. The maximum absolute atomic E-state index is 5.28. The van der Waals surface area contributed by atoms with E-state index >= 15 is 0 Å². The van der Waals surface area contributed by atoms with Crippen LogP contribution in [0.3, 0.4) is 0 Å². The van der Waals surface area contributed by atoms with E-state index in [2.05, 4.69) is 6.08 Å². The van der Waals surface area contributed by atoms with E-state index in [9.17, 15) is 0 Å². The molecule has 2 heteroatoms. The fraction of sp³-hybridized carbons (Fsp3) is 0.714. The highest BCUT2D eigenvalue weighted by Crippen LogP contribution is 2.12. The van der Waals surface area contributed by atoms with Crippen LogP contribution in [0.15, 0.2) is 12.2 Å². The molecule has 1 saturated heterocycles. The van der Waals surface area contributed by atoms with Gasteiger partial charge in [-0.25, -0.2) is 0 Å². The molecule has 0 aromatic heterocycles. The Kier molecular flexibility index (Phi) is 2.74. The second kappa shape index (κ2) is 3.64. The molecule has 1 atom stereocenters. The largest absolute Gasteiger partial charge is 0.381 e. The molecule has 2 N–H and O–H groups in total. The minimum Gasteiger partial charge on any atom is -0.381 e.